The second kappa shape index (κ2) is 8.51. The summed E-state index contributed by atoms with van der Waals surface area (Å²) in [5, 5.41) is 8.79. The zero-order valence-electron chi connectivity index (χ0n) is 11.7. The second-order valence-corrected chi connectivity index (χ2v) is 7.50. The van der Waals surface area contributed by atoms with E-state index < -0.39 is 10.0 Å². The maximum absolute atomic E-state index is 12.1. The highest BCUT2D eigenvalue weighted by Crippen LogP contribution is 2.24. The summed E-state index contributed by atoms with van der Waals surface area (Å²) in [4.78, 5) is 0.904. The monoisotopic (exact) mass is 318 g/mol. The molecule has 1 rings (SSSR count). The molecule has 1 aromatic rings. The highest BCUT2D eigenvalue weighted by molar-refractivity contribution is 8.00. The standard InChI is InChI=1S/C13H22N2O3S2/c1-2-15(8-5-9-16)20(17,18)11-10-19-13-7-4-3-6-12(13)14/h3-4,6-7,16H,2,5,8-11,14H2,1H3. The molecule has 0 aromatic heterocycles. The summed E-state index contributed by atoms with van der Waals surface area (Å²) < 4.78 is 25.7. The lowest BCUT2D eigenvalue weighted by atomic mass is 10.3. The highest BCUT2D eigenvalue weighted by Gasteiger charge is 2.19. The zero-order valence-corrected chi connectivity index (χ0v) is 13.3. The van der Waals surface area contributed by atoms with Crippen molar-refractivity contribution in [2.45, 2.75) is 18.2 Å². The average molecular weight is 318 g/mol. The quantitative estimate of drug-likeness (QED) is 0.531. The van der Waals surface area contributed by atoms with E-state index in [9.17, 15) is 8.42 Å². The molecular formula is C13H22N2O3S2. The third kappa shape index (κ3) is 5.32. The molecule has 1 aromatic carbocycles. The van der Waals surface area contributed by atoms with Crippen LogP contribution in [0.3, 0.4) is 0 Å². The Bertz CT molecular complexity index is 506. The molecule has 114 valence electrons. The average Bonchev–Trinajstić information content (AvgIpc) is 2.41. The van der Waals surface area contributed by atoms with E-state index in [4.69, 9.17) is 10.8 Å². The Morgan fingerprint density at radius 2 is 2.05 bits per heavy atom. The fraction of sp³-hybridized carbons (Fsp3) is 0.538. The first-order chi connectivity index (χ1) is 9.51. The lowest BCUT2D eigenvalue weighted by Gasteiger charge is -2.19. The molecule has 7 heteroatoms. The number of rotatable bonds is 9. The molecule has 0 amide bonds. The van der Waals surface area contributed by atoms with Gasteiger partial charge in [0.05, 0.1) is 5.75 Å². The van der Waals surface area contributed by atoms with Crippen molar-refractivity contribution in [1.82, 2.24) is 4.31 Å². The molecule has 0 atom stereocenters. The van der Waals surface area contributed by atoms with Gasteiger partial charge < -0.3 is 10.8 Å². The van der Waals surface area contributed by atoms with E-state index in [2.05, 4.69) is 0 Å². The summed E-state index contributed by atoms with van der Waals surface area (Å²) >= 11 is 1.45. The normalized spacial score (nSPS) is 11.9. The van der Waals surface area contributed by atoms with Gasteiger partial charge in [-0.05, 0) is 18.6 Å². The van der Waals surface area contributed by atoms with Gasteiger partial charge in [0.2, 0.25) is 10.0 Å². The van der Waals surface area contributed by atoms with Crippen molar-refractivity contribution in [3.63, 3.8) is 0 Å². The molecule has 0 heterocycles. The third-order valence-corrected chi connectivity index (χ3v) is 6.13. The fourth-order valence-electron chi connectivity index (χ4n) is 1.74. The minimum Gasteiger partial charge on any atom is -0.398 e. The van der Waals surface area contributed by atoms with Crippen molar-refractivity contribution in [3.8, 4) is 0 Å². The molecule has 0 aliphatic heterocycles. The van der Waals surface area contributed by atoms with Gasteiger partial charge in [-0.15, -0.1) is 11.8 Å². The Labute approximate surface area is 125 Å². The van der Waals surface area contributed by atoms with Crippen LogP contribution in [0.1, 0.15) is 13.3 Å². The maximum Gasteiger partial charge on any atom is 0.214 e. The molecule has 5 nitrogen and oxygen atoms in total. The first kappa shape index (κ1) is 17.3. The Morgan fingerprint density at radius 1 is 1.35 bits per heavy atom. The number of aliphatic hydroxyl groups excluding tert-OH is 1. The number of nitrogens with zero attached hydrogens (tertiary/aromatic N) is 1. The first-order valence-electron chi connectivity index (χ1n) is 6.57. The second-order valence-electron chi connectivity index (χ2n) is 4.27. The van der Waals surface area contributed by atoms with Gasteiger partial charge in [0.1, 0.15) is 0 Å². The van der Waals surface area contributed by atoms with Crippen molar-refractivity contribution >= 4 is 27.5 Å². The molecule has 0 unspecified atom stereocenters. The van der Waals surface area contributed by atoms with Crippen LogP contribution in [0, 0.1) is 0 Å². The zero-order chi connectivity index (χ0) is 15.0. The summed E-state index contributed by atoms with van der Waals surface area (Å²) in [7, 11) is -3.27. The molecule has 20 heavy (non-hydrogen) atoms. The van der Waals surface area contributed by atoms with Gasteiger partial charge in [-0.2, -0.15) is 0 Å². The molecule has 0 saturated carbocycles. The molecule has 3 N–H and O–H groups in total. The van der Waals surface area contributed by atoms with Gasteiger partial charge in [-0.1, -0.05) is 19.1 Å². The van der Waals surface area contributed by atoms with Crippen molar-refractivity contribution in [1.29, 1.82) is 0 Å². The van der Waals surface area contributed by atoms with E-state index in [-0.39, 0.29) is 12.4 Å². The van der Waals surface area contributed by atoms with Crippen LogP contribution in [0.2, 0.25) is 0 Å². The molecule has 0 saturated heterocycles. The minimum atomic E-state index is -3.27. The smallest absolute Gasteiger partial charge is 0.214 e. The van der Waals surface area contributed by atoms with Gasteiger partial charge in [0, 0.05) is 36.0 Å². The van der Waals surface area contributed by atoms with Crippen molar-refractivity contribution in [2.24, 2.45) is 0 Å². The van der Waals surface area contributed by atoms with Crippen LogP contribution in [0.4, 0.5) is 5.69 Å². The molecule has 0 aliphatic carbocycles. The van der Waals surface area contributed by atoms with Gasteiger partial charge in [-0.3, -0.25) is 0 Å². The number of sulfonamides is 1. The Morgan fingerprint density at radius 3 is 2.65 bits per heavy atom. The lowest BCUT2D eigenvalue weighted by Crippen LogP contribution is -2.34. The van der Waals surface area contributed by atoms with Gasteiger partial charge in [-0.25, -0.2) is 12.7 Å². The molecular weight excluding hydrogens is 296 g/mol. The predicted octanol–water partition coefficient (Wildman–Crippen LogP) is 1.40. The molecule has 0 radical (unpaired) electrons. The minimum absolute atomic E-state index is 0.00131. The molecule has 0 spiro atoms. The Hall–Kier alpha value is -0.760. The Balaban J connectivity index is 2.52. The van der Waals surface area contributed by atoms with Crippen LogP contribution in [-0.4, -0.2) is 49.0 Å². The Kier molecular flexibility index (Phi) is 7.36. The van der Waals surface area contributed by atoms with E-state index in [1.165, 1.54) is 16.1 Å². The number of nitrogens with two attached hydrogens (primary N) is 1. The summed E-state index contributed by atoms with van der Waals surface area (Å²) in [6.07, 6.45) is 0.464. The lowest BCUT2D eigenvalue weighted by molar-refractivity contribution is 0.271. The summed E-state index contributed by atoms with van der Waals surface area (Å²) in [6.45, 7) is 2.60. The predicted molar refractivity (Wildman–Crippen MR) is 84.3 cm³/mol. The summed E-state index contributed by atoms with van der Waals surface area (Å²) in [6, 6.07) is 7.42. The van der Waals surface area contributed by atoms with Crippen LogP contribution in [0.5, 0.6) is 0 Å². The molecule has 0 aliphatic rings. The number of aliphatic hydroxyl groups is 1. The van der Waals surface area contributed by atoms with Gasteiger partial charge in [0.15, 0.2) is 0 Å². The van der Waals surface area contributed by atoms with Crippen molar-refractivity contribution < 1.29 is 13.5 Å². The number of thioether (sulfide) groups is 1. The SMILES string of the molecule is CCN(CCCO)S(=O)(=O)CCSc1ccccc1N. The number of hydrogen-bond acceptors (Lipinski definition) is 5. The summed E-state index contributed by atoms with van der Waals surface area (Å²) in [5.41, 5.74) is 6.48. The molecule has 0 bridgehead atoms. The largest absolute Gasteiger partial charge is 0.398 e. The number of hydrogen-bond donors (Lipinski definition) is 2. The van der Waals surface area contributed by atoms with Gasteiger partial charge >= 0.3 is 0 Å². The first-order valence-corrected chi connectivity index (χ1v) is 9.16. The number of nitrogen functional groups attached to an aromatic ring is 1. The van der Waals surface area contributed by atoms with E-state index >= 15 is 0 Å². The van der Waals surface area contributed by atoms with Crippen molar-refractivity contribution in [3.05, 3.63) is 24.3 Å². The van der Waals surface area contributed by atoms with Crippen LogP contribution in [-0.2, 0) is 10.0 Å². The van der Waals surface area contributed by atoms with Crippen LogP contribution in [0.25, 0.3) is 0 Å². The fourth-order valence-corrected chi connectivity index (χ4v) is 4.60. The van der Waals surface area contributed by atoms with Crippen molar-refractivity contribution in [2.75, 3.05) is 36.9 Å². The van der Waals surface area contributed by atoms with E-state index in [0.717, 1.165) is 4.90 Å². The number of para-hydroxylation sites is 1. The van der Waals surface area contributed by atoms with E-state index in [1.807, 2.05) is 18.2 Å². The molecule has 0 fully saturated rings. The summed E-state index contributed by atoms with van der Waals surface area (Å²) in [5.74, 6) is 0.539. The maximum atomic E-state index is 12.1. The van der Waals surface area contributed by atoms with Gasteiger partial charge in [0.25, 0.3) is 0 Å². The number of benzene rings is 1. The highest BCUT2D eigenvalue weighted by atomic mass is 32.2. The third-order valence-electron chi connectivity index (χ3n) is 2.83. The van der Waals surface area contributed by atoms with E-state index in [1.54, 1.807) is 13.0 Å². The van der Waals surface area contributed by atoms with Crippen LogP contribution in [0.15, 0.2) is 29.2 Å². The van der Waals surface area contributed by atoms with Crippen LogP contribution >= 0.6 is 11.8 Å². The van der Waals surface area contributed by atoms with Crippen LogP contribution < -0.4 is 5.73 Å². The topological polar surface area (TPSA) is 83.6 Å². The van der Waals surface area contributed by atoms with E-state index in [0.29, 0.717) is 31.0 Å². The number of anilines is 1.